The SMILES string of the molecule is Cc1ccc(N2CCN(C(=O)C[C@]3(c4ccccc4Cl)CC(=O)N(C)C3=O)CC2)c(C)c1. The summed E-state index contributed by atoms with van der Waals surface area (Å²) in [6.07, 6.45) is -0.102. The second-order valence-electron chi connectivity index (χ2n) is 8.83. The van der Waals surface area contributed by atoms with Gasteiger partial charge in [-0.25, -0.2) is 0 Å². The Bertz CT molecular complexity index is 1080. The van der Waals surface area contributed by atoms with Crippen LogP contribution in [-0.4, -0.2) is 60.7 Å². The number of anilines is 1. The van der Waals surface area contributed by atoms with Crippen molar-refractivity contribution in [2.75, 3.05) is 38.1 Å². The summed E-state index contributed by atoms with van der Waals surface area (Å²) in [6, 6.07) is 13.4. The summed E-state index contributed by atoms with van der Waals surface area (Å²) < 4.78 is 0. The van der Waals surface area contributed by atoms with Crippen molar-refractivity contribution < 1.29 is 14.4 Å². The van der Waals surface area contributed by atoms with Crippen molar-refractivity contribution in [3.05, 3.63) is 64.2 Å². The van der Waals surface area contributed by atoms with Crippen LogP contribution in [-0.2, 0) is 19.8 Å². The van der Waals surface area contributed by atoms with Crippen molar-refractivity contribution >= 4 is 35.0 Å². The topological polar surface area (TPSA) is 60.9 Å². The Hall–Kier alpha value is -2.86. The van der Waals surface area contributed by atoms with Gasteiger partial charge in [0.05, 0.1) is 5.41 Å². The van der Waals surface area contributed by atoms with Gasteiger partial charge < -0.3 is 9.80 Å². The predicted octanol–water partition coefficient (Wildman–Crippen LogP) is 3.32. The third-order valence-electron chi connectivity index (χ3n) is 6.71. The van der Waals surface area contributed by atoms with Gasteiger partial charge in [0.25, 0.3) is 0 Å². The first-order valence-electron chi connectivity index (χ1n) is 10.9. The Kier molecular flexibility index (Phi) is 5.99. The molecule has 0 aromatic heterocycles. The van der Waals surface area contributed by atoms with Crippen molar-refractivity contribution in [2.45, 2.75) is 32.1 Å². The smallest absolute Gasteiger partial charge is 0.240 e. The minimum atomic E-state index is -1.24. The molecule has 2 aromatic carbocycles. The Morgan fingerprint density at radius 3 is 2.31 bits per heavy atom. The second kappa shape index (κ2) is 8.58. The fraction of sp³-hybridized carbons (Fsp3) is 0.400. The molecule has 0 unspecified atom stereocenters. The van der Waals surface area contributed by atoms with Crippen LogP contribution in [0.1, 0.15) is 29.5 Å². The van der Waals surface area contributed by atoms with Crippen LogP contribution >= 0.6 is 11.6 Å². The van der Waals surface area contributed by atoms with E-state index in [1.165, 1.54) is 23.9 Å². The molecule has 2 aliphatic rings. The highest BCUT2D eigenvalue weighted by Crippen LogP contribution is 2.42. The van der Waals surface area contributed by atoms with Gasteiger partial charge in [-0.1, -0.05) is 47.5 Å². The molecule has 0 saturated carbocycles. The highest BCUT2D eigenvalue weighted by atomic mass is 35.5. The number of halogens is 1. The van der Waals surface area contributed by atoms with E-state index in [4.69, 9.17) is 11.6 Å². The lowest BCUT2D eigenvalue weighted by molar-refractivity contribution is -0.141. The van der Waals surface area contributed by atoms with Crippen LogP contribution in [0, 0.1) is 13.8 Å². The summed E-state index contributed by atoms with van der Waals surface area (Å²) in [7, 11) is 1.47. The number of benzene rings is 2. The molecule has 0 N–H and O–H groups in total. The molecule has 32 heavy (non-hydrogen) atoms. The van der Waals surface area contributed by atoms with Crippen molar-refractivity contribution in [2.24, 2.45) is 0 Å². The van der Waals surface area contributed by atoms with Gasteiger partial charge in [0, 0.05) is 56.8 Å². The maximum absolute atomic E-state index is 13.3. The summed E-state index contributed by atoms with van der Waals surface area (Å²) in [5, 5.41) is 0.399. The summed E-state index contributed by atoms with van der Waals surface area (Å²) in [6.45, 7) is 6.77. The first kappa shape index (κ1) is 22.3. The molecule has 3 amide bonds. The molecule has 2 aromatic rings. The van der Waals surface area contributed by atoms with Gasteiger partial charge in [-0.2, -0.15) is 0 Å². The summed E-state index contributed by atoms with van der Waals surface area (Å²) in [5.41, 5.74) is 2.94. The van der Waals surface area contributed by atoms with E-state index in [1.54, 1.807) is 29.2 Å². The van der Waals surface area contributed by atoms with E-state index in [-0.39, 0.29) is 30.6 Å². The second-order valence-corrected chi connectivity index (χ2v) is 9.24. The van der Waals surface area contributed by atoms with Gasteiger partial charge in [-0.3, -0.25) is 19.3 Å². The van der Waals surface area contributed by atoms with Crippen LogP contribution in [0.4, 0.5) is 5.69 Å². The molecule has 2 heterocycles. The molecule has 0 radical (unpaired) electrons. The molecule has 168 valence electrons. The lowest BCUT2D eigenvalue weighted by atomic mass is 9.75. The average Bonchev–Trinajstić information content (AvgIpc) is 2.98. The highest BCUT2D eigenvalue weighted by Gasteiger charge is 2.53. The molecular formula is C25H28ClN3O3. The minimum Gasteiger partial charge on any atom is -0.368 e. The molecular weight excluding hydrogens is 426 g/mol. The Morgan fingerprint density at radius 2 is 1.72 bits per heavy atom. The lowest BCUT2D eigenvalue weighted by Crippen LogP contribution is -2.51. The van der Waals surface area contributed by atoms with Gasteiger partial charge in [-0.15, -0.1) is 0 Å². The van der Waals surface area contributed by atoms with Crippen LogP contribution in [0.15, 0.2) is 42.5 Å². The van der Waals surface area contributed by atoms with Crippen molar-refractivity contribution in [1.82, 2.24) is 9.80 Å². The first-order valence-corrected chi connectivity index (χ1v) is 11.3. The van der Waals surface area contributed by atoms with Crippen LogP contribution < -0.4 is 4.90 Å². The standard InChI is InChI=1S/C25H28ClN3O3/c1-17-8-9-21(18(2)14-17)28-10-12-29(13-11-28)23(31)16-25(15-22(30)27(3)24(25)32)19-6-4-5-7-20(19)26/h4-9,14H,10-13,15-16H2,1-3H3/t25-/m0/s1. The molecule has 0 bridgehead atoms. The Balaban J connectivity index is 1.52. The molecule has 0 aliphatic carbocycles. The van der Waals surface area contributed by atoms with E-state index in [0.29, 0.717) is 23.7 Å². The largest absolute Gasteiger partial charge is 0.368 e. The predicted molar refractivity (Wildman–Crippen MR) is 125 cm³/mol. The molecule has 7 heteroatoms. The van der Waals surface area contributed by atoms with Crippen molar-refractivity contribution in [3.63, 3.8) is 0 Å². The van der Waals surface area contributed by atoms with Crippen molar-refractivity contribution in [3.8, 4) is 0 Å². The van der Waals surface area contributed by atoms with E-state index in [9.17, 15) is 14.4 Å². The van der Waals surface area contributed by atoms with Crippen LogP contribution in [0.3, 0.4) is 0 Å². The monoisotopic (exact) mass is 453 g/mol. The maximum atomic E-state index is 13.3. The molecule has 0 spiro atoms. The number of likely N-dealkylation sites (N-methyl/N-ethyl adjacent to an activating group) is 1. The van der Waals surface area contributed by atoms with E-state index in [1.807, 2.05) is 0 Å². The third-order valence-corrected chi connectivity index (χ3v) is 7.04. The lowest BCUT2D eigenvalue weighted by Gasteiger charge is -2.38. The number of imide groups is 1. The van der Waals surface area contributed by atoms with Gasteiger partial charge >= 0.3 is 0 Å². The zero-order valence-electron chi connectivity index (χ0n) is 18.7. The van der Waals surface area contributed by atoms with Gasteiger partial charge in [-0.05, 0) is 37.1 Å². The third kappa shape index (κ3) is 3.88. The summed E-state index contributed by atoms with van der Waals surface area (Å²) in [4.78, 5) is 44.2. The van der Waals surface area contributed by atoms with Gasteiger partial charge in [0.1, 0.15) is 0 Å². The summed E-state index contributed by atoms with van der Waals surface area (Å²) >= 11 is 6.42. The van der Waals surface area contributed by atoms with Crippen LogP contribution in [0.2, 0.25) is 5.02 Å². The van der Waals surface area contributed by atoms with E-state index < -0.39 is 5.41 Å². The molecule has 2 fully saturated rings. The molecule has 6 nitrogen and oxygen atoms in total. The fourth-order valence-electron chi connectivity index (χ4n) is 4.91. The number of hydrogen-bond donors (Lipinski definition) is 0. The average molecular weight is 454 g/mol. The zero-order valence-corrected chi connectivity index (χ0v) is 19.5. The highest BCUT2D eigenvalue weighted by molar-refractivity contribution is 6.32. The number of likely N-dealkylation sites (tertiary alicyclic amines) is 1. The van der Waals surface area contributed by atoms with Crippen molar-refractivity contribution in [1.29, 1.82) is 0 Å². The number of nitrogens with zero attached hydrogens (tertiary/aromatic N) is 3. The van der Waals surface area contributed by atoms with Crippen LogP contribution in [0.25, 0.3) is 0 Å². The molecule has 1 atom stereocenters. The number of hydrogen-bond acceptors (Lipinski definition) is 4. The number of carbonyl (C=O) groups is 3. The van der Waals surface area contributed by atoms with Crippen LogP contribution in [0.5, 0.6) is 0 Å². The maximum Gasteiger partial charge on any atom is 0.240 e. The number of aryl methyl sites for hydroxylation is 2. The Morgan fingerprint density at radius 1 is 1.03 bits per heavy atom. The first-order chi connectivity index (χ1) is 15.2. The quantitative estimate of drug-likeness (QED) is 0.666. The molecule has 2 aliphatic heterocycles. The number of amides is 3. The number of rotatable bonds is 4. The Labute approximate surface area is 193 Å². The number of carbonyl (C=O) groups excluding carboxylic acids is 3. The zero-order chi connectivity index (χ0) is 23.0. The van der Waals surface area contributed by atoms with E-state index in [0.717, 1.165) is 18.0 Å². The normalized spacial score (nSPS) is 21.4. The fourth-order valence-corrected chi connectivity index (χ4v) is 5.22. The molecule has 2 saturated heterocycles. The molecule has 4 rings (SSSR count). The number of piperazine rings is 1. The van der Waals surface area contributed by atoms with E-state index >= 15 is 0 Å². The van der Waals surface area contributed by atoms with Gasteiger partial charge in [0.2, 0.25) is 17.7 Å². The van der Waals surface area contributed by atoms with Gasteiger partial charge in [0.15, 0.2) is 0 Å². The summed E-state index contributed by atoms with van der Waals surface area (Å²) in [5.74, 6) is -0.776. The minimum absolute atomic E-state index is 0.0413. The van der Waals surface area contributed by atoms with E-state index in [2.05, 4.69) is 36.9 Å².